The third-order valence-electron chi connectivity index (χ3n) is 4.24. The lowest BCUT2D eigenvalue weighted by atomic mass is 10.2. The molecule has 0 unspecified atom stereocenters. The van der Waals surface area contributed by atoms with Crippen LogP contribution in [0.5, 0.6) is 5.75 Å². The number of ether oxygens (including phenoxy) is 2. The van der Waals surface area contributed by atoms with E-state index >= 15 is 0 Å². The SMILES string of the molecule is Cc1ccc(Cl)c(OCCNC(=O)Nc2ccccc2N2CCOCC2)c1. The van der Waals surface area contributed by atoms with E-state index in [9.17, 15) is 4.79 Å². The van der Waals surface area contributed by atoms with Crippen molar-refractivity contribution in [1.82, 2.24) is 5.32 Å². The van der Waals surface area contributed by atoms with Crippen LogP contribution in [-0.4, -0.2) is 45.5 Å². The van der Waals surface area contributed by atoms with Gasteiger partial charge in [0.05, 0.1) is 36.2 Å². The summed E-state index contributed by atoms with van der Waals surface area (Å²) in [4.78, 5) is 14.4. The highest BCUT2D eigenvalue weighted by molar-refractivity contribution is 6.32. The number of morpholine rings is 1. The average Bonchev–Trinajstić information content (AvgIpc) is 2.69. The fourth-order valence-corrected chi connectivity index (χ4v) is 3.04. The minimum atomic E-state index is -0.269. The molecule has 0 spiro atoms. The highest BCUT2D eigenvalue weighted by Gasteiger charge is 2.15. The van der Waals surface area contributed by atoms with Crippen molar-refractivity contribution in [3.05, 3.63) is 53.1 Å². The molecular formula is C20H24ClN3O3. The molecule has 2 N–H and O–H groups in total. The minimum absolute atomic E-state index is 0.269. The van der Waals surface area contributed by atoms with Crippen LogP contribution in [0.3, 0.4) is 0 Å². The minimum Gasteiger partial charge on any atom is -0.490 e. The van der Waals surface area contributed by atoms with E-state index < -0.39 is 0 Å². The molecule has 0 aromatic heterocycles. The maximum atomic E-state index is 12.2. The Morgan fingerprint density at radius 1 is 1.22 bits per heavy atom. The van der Waals surface area contributed by atoms with Crippen molar-refractivity contribution in [1.29, 1.82) is 0 Å². The van der Waals surface area contributed by atoms with Gasteiger partial charge in [0.15, 0.2) is 0 Å². The number of carbonyl (C=O) groups is 1. The predicted molar refractivity (Wildman–Crippen MR) is 108 cm³/mol. The molecule has 3 rings (SSSR count). The quantitative estimate of drug-likeness (QED) is 0.740. The van der Waals surface area contributed by atoms with E-state index in [1.54, 1.807) is 6.07 Å². The van der Waals surface area contributed by atoms with Crippen LogP contribution in [0.4, 0.5) is 16.2 Å². The number of carbonyl (C=O) groups excluding carboxylic acids is 1. The number of hydrogen-bond acceptors (Lipinski definition) is 4. The first-order valence-corrected chi connectivity index (χ1v) is 9.37. The zero-order valence-corrected chi connectivity index (χ0v) is 16.1. The van der Waals surface area contributed by atoms with Crippen molar-refractivity contribution in [3.63, 3.8) is 0 Å². The van der Waals surface area contributed by atoms with Gasteiger partial charge in [0.25, 0.3) is 0 Å². The zero-order chi connectivity index (χ0) is 19.1. The predicted octanol–water partition coefficient (Wildman–Crippen LogP) is 3.69. The summed E-state index contributed by atoms with van der Waals surface area (Å²) in [7, 11) is 0. The lowest BCUT2D eigenvalue weighted by Gasteiger charge is -2.30. The summed E-state index contributed by atoms with van der Waals surface area (Å²) in [5.74, 6) is 0.622. The van der Waals surface area contributed by atoms with E-state index in [-0.39, 0.29) is 6.03 Å². The fourth-order valence-electron chi connectivity index (χ4n) is 2.87. The Hall–Kier alpha value is -2.44. The van der Waals surface area contributed by atoms with Crippen molar-refractivity contribution >= 4 is 29.0 Å². The molecule has 0 aliphatic carbocycles. The van der Waals surface area contributed by atoms with Gasteiger partial charge in [0.2, 0.25) is 0 Å². The molecule has 1 heterocycles. The summed E-state index contributed by atoms with van der Waals surface area (Å²) in [5.41, 5.74) is 2.85. The molecule has 2 aromatic carbocycles. The third-order valence-corrected chi connectivity index (χ3v) is 4.55. The van der Waals surface area contributed by atoms with Crippen LogP contribution in [0, 0.1) is 6.92 Å². The number of benzene rings is 2. The largest absolute Gasteiger partial charge is 0.490 e. The maximum absolute atomic E-state index is 12.2. The summed E-state index contributed by atoms with van der Waals surface area (Å²) >= 11 is 6.10. The normalized spacial score (nSPS) is 13.9. The van der Waals surface area contributed by atoms with Gasteiger partial charge in [-0.25, -0.2) is 4.79 Å². The molecule has 1 aliphatic heterocycles. The number of nitrogens with zero attached hydrogens (tertiary/aromatic N) is 1. The van der Waals surface area contributed by atoms with E-state index in [4.69, 9.17) is 21.1 Å². The second kappa shape index (κ2) is 9.48. The van der Waals surface area contributed by atoms with Gasteiger partial charge in [-0.05, 0) is 36.8 Å². The van der Waals surface area contributed by atoms with Gasteiger partial charge >= 0.3 is 6.03 Å². The lowest BCUT2D eigenvalue weighted by molar-refractivity contribution is 0.123. The number of hydrogen-bond donors (Lipinski definition) is 2. The molecule has 7 heteroatoms. The number of nitrogens with one attached hydrogen (secondary N) is 2. The molecule has 0 radical (unpaired) electrons. The molecule has 0 saturated carbocycles. The monoisotopic (exact) mass is 389 g/mol. The third kappa shape index (κ3) is 5.52. The topological polar surface area (TPSA) is 62.8 Å². The van der Waals surface area contributed by atoms with E-state index in [1.165, 1.54) is 0 Å². The Morgan fingerprint density at radius 3 is 2.81 bits per heavy atom. The van der Waals surface area contributed by atoms with Gasteiger partial charge in [-0.3, -0.25) is 0 Å². The fraction of sp³-hybridized carbons (Fsp3) is 0.350. The molecule has 1 fully saturated rings. The molecule has 1 aliphatic rings. The average molecular weight is 390 g/mol. The van der Waals surface area contributed by atoms with Crippen molar-refractivity contribution < 1.29 is 14.3 Å². The molecule has 144 valence electrons. The Balaban J connectivity index is 1.49. The van der Waals surface area contributed by atoms with E-state index in [2.05, 4.69) is 15.5 Å². The first-order valence-electron chi connectivity index (χ1n) is 8.99. The van der Waals surface area contributed by atoms with Crippen LogP contribution < -0.4 is 20.3 Å². The lowest BCUT2D eigenvalue weighted by Crippen LogP contribution is -2.37. The molecule has 0 atom stereocenters. The Labute approximate surface area is 164 Å². The van der Waals surface area contributed by atoms with Gasteiger partial charge in [-0.2, -0.15) is 0 Å². The smallest absolute Gasteiger partial charge is 0.319 e. The van der Waals surface area contributed by atoms with E-state index in [0.29, 0.717) is 37.1 Å². The summed E-state index contributed by atoms with van der Waals surface area (Å²) < 4.78 is 11.0. The summed E-state index contributed by atoms with van der Waals surface area (Å²) in [6, 6.07) is 13.1. The number of urea groups is 1. The molecule has 1 saturated heterocycles. The van der Waals surface area contributed by atoms with E-state index in [1.807, 2.05) is 43.3 Å². The number of halogens is 1. The second-order valence-corrected chi connectivity index (χ2v) is 6.69. The van der Waals surface area contributed by atoms with E-state index in [0.717, 1.165) is 30.0 Å². The zero-order valence-electron chi connectivity index (χ0n) is 15.3. The van der Waals surface area contributed by atoms with Gasteiger partial charge in [-0.15, -0.1) is 0 Å². The van der Waals surface area contributed by atoms with Crippen molar-refractivity contribution in [2.24, 2.45) is 0 Å². The van der Waals surface area contributed by atoms with Crippen molar-refractivity contribution in [3.8, 4) is 5.75 Å². The molecule has 2 aromatic rings. The van der Waals surface area contributed by atoms with Crippen LogP contribution in [0.25, 0.3) is 0 Å². The first kappa shape index (κ1) is 19.3. The first-order chi connectivity index (χ1) is 13.1. The van der Waals surface area contributed by atoms with Crippen molar-refractivity contribution in [2.45, 2.75) is 6.92 Å². The van der Waals surface area contributed by atoms with Crippen LogP contribution in [0.1, 0.15) is 5.56 Å². The number of anilines is 2. The Bertz CT molecular complexity index is 779. The summed E-state index contributed by atoms with van der Waals surface area (Å²) in [6.45, 7) is 5.69. The molecular weight excluding hydrogens is 366 g/mol. The Morgan fingerprint density at radius 2 is 2.00 bits per heavy atom. The van der Waals surface area contributed by atoms with Crippen LogP contribution in [0.15, 0.2) is 42.5 Å². The second-order valence-electron chi connectivity index (χ2n) is 6.28. The van der Waals surface area contributed by atoms with Crippen LogP contribution >= 0.6 is 11.6 Å². The number of amides is 2. The standard InChI is InChI=1S/C20H24ClN3O3/c1-15-6-7-16(21)19(14-15)27-11-8-22-20(25)23-17-4-2-3-5-18(17)24-9-12-26-13-10-24/h2-7,14H,8-13H2,1H3,(H2,22,23,25). The van der Waals surface area contributed by atoms with Gasteiger partial charge in [0, 0.05) is 13.1 Å². The van der Waals surface area contributed by atoms with Gasteiger partial charge in [0.1, 0.15) is 12.4 Å². The summed E-state index contributed by atoms with van der Waals surface area (Å²) in [5, 5.41) is 6.28. The molecule has 2 amide bonds. The number of aryl methyl sites for hydroxylation is 1. The number of rotatable bonds is 6. The van der Waals surface area contributed by atoms with Crippen molar-refractivity contribution in [2.75, 3.05) is 49.7 Å². The molecule has 27 heavy (non-hydrogen) atoms. The molecule has 6 nitrogen and oxygen atoms in total. The highest BCUT2D eigenvalue weighted by Crippen LogP contribution is 2.26. The van der Waals surface area contributed by atoms with Crippen LogP contribution in [-0.2, 0) is 4.74 Å². The maximum Gasteiger partial charge on any atom is 0.319 e. The van der Waals surface area contributed by atoms with Gasteiger partial charge in [-0.1, -0.05) is 29.8 Å². The number of para-hydroxylation sites is 2. The highest BCUT2D eigenvalue weighted by atomic mass is 35.5. The summed E-state index contributed by atoms with van der Waals surface area (Å²) in [6.07, 6.45) is 0. The molecule has 0 bridgehead atoms. The Kier molecular flexibility index (Phi) is 6.79. The van der Waals surface area contributed by atoms with Crippen LogP contribution in [0.2, 0.25) is 5.02 Å². The van der Waals surface area contributed by atoms with Gasteiger partial charge < -0.3 is 25.0 Å².